The van der Waals surface area contributed by atoms with E-state index in [0.717, 1.165) is 28.3 Å². The van der Waals surface area contributed by atoms with E-state index in [1.54, 1.807) is 21.3 Å². The number of para-hydroxylation sites is 2. The van der Waals surface area contributed by atoms with Gasteiger partial charge < -0.3 is 34.2 Å². The smallest absolute Gasteiger partial charge is 0.242 e. The highest BCUT2D eigenvalue weighted by Crippen LogP contribution is 2.52. The SMILES string of the molecule is COc1ccc(C2C3=C(CC(C)(C)CC3=O)Nc3ccccc3N2CC(=O)N2CCN(c3ccc(Cl)cc3)CC2)c(OC)c1OC. The molecule has 1 unspecified atom stereocenters. The Morgan fingerprint density at radius 2 is 1.59 bits per heavy atom. The number of anilines is 3. The van der Waals surface area contributed by atoms with E-state index in [4.69, 9.17) is 25.8 Å². The van der Waals surface area contributed by atoms with Gasteiger partial charge in [-0.25, -0.2) is 0 Å². The number of rotatable bonds is 7. The maximum atomic E-state index is 14.2. The lowest BCUT2D eigenvalue weighted by Crippen LogP contribution is -2.52. The molecule has 1 amide bonds. The molecule has 1 fully saturated rings. The summed E-state index contributed by atoms with van der Waals surface area (Å²) in [7, 11) is 4.73. The Bertz CT molecular complexity index is 1660. The quantitative estimate of drug-likeness (QED) is 0.320. The van der Waals surface area contributed by atoms with Gasteiger partial charge in [0, 0.05) is 60.1 Å². The number of hydrogen-bond acceptors (Lipinski definition) is 8. The molecule has 0 saturated carbocycles. The van der Waals surface area contributed by atoms with Crippen LogP contribution in [0.15, 0.2) is 71.9 Å². The van der Waals surface area contributed by atoms with Crippen molar-refractivity contribution in [1.82, 2.24) is 4.90 Å². The lowest BCUT2D eigenvalue weighted by Gasteiger charge is -2.40. The molecule has 1 N–H and O–H groups in total. The van der Waals surface area contributed by atoms with Gasteiger partial charge in [0.15, 0.2) is 17.3 Å². The molecule has 3 aromatic carbocycles. The molecule has 2 heterocycles. The summed E-state index contributed by atoms with van der Waals surface area (Å²) in [6.45, 7) is 6.88. The van der Waals surface area contributed by atoms with E-state index in [0.29, 0.717) is 66.9 Å². The van der Waals surface area contributed by atoms with Gasteiger partial charge in [-0.15, -0.1) is 0 Å². The molecule has 1 aliphatic carbocycles. The van der Waals surface area contributed by atoms with Crippen LogP contribution in [0.4, 0.5) is 17.1 Å². The summed E-state index contributed by atoms with van der Waals surface area (Å²) in [5.74, 6) is 1.44. The van der Waals surface area contributed by atoms with Gasteiger partial charge in [-0.1, -0.05) is 37.6 Å². The number of ketones is 1. The fraction of sp³-hybridized carbons (Fsp3) is 0.389. The van der Waals surface area contributed by atoms with Crippen LogP contribution < -0.4 is 29.3 Å². The van der Waals surface area contributed by atoms with E-state index in [1.165, 1.54) is 0 Å². The zero-order valence-corrected chi connectivity index (χ0v) is 27.8. The van der Waals surface area contributed by atoms with Crippen LogP contribution in [0.25, 0.3) is 0 Å². The lowest BCUT2D eigenvalue weighted by molar-refractivity contribution is -0.130. The number of methoxy groups -OCH3 is 3. The number of allylic oxidation sites excluding steroid dienone is 1. The van der Waals surface area contributed by atoms with Gasteiger partial charge >= 0.3 is 0 Å². The van der Waals surface area contributed by atoms with Crippen molar-refractivity contribution < 1.29 is 23.8 Å². The number of Topliss-reactive ketones (excluding diaryl/α,β-unsaturated/α-hetero) is 1. The Kier molecular flexibility index (Phi) is 8.79. The van der Waals surface area contributed by atoms with Gasteiger partial charge in [0.2, 0.25) is 11.7 Å². The molecule has 3 aliphatic rings. The van der Waals surface area contributed by atoms with Crippen LogP contribution in [0.1, 0.15) is 38.3 Å². The number of nitrogens with zero attached hydrogens (tertiary/aromatic N) is 3. The van der Waals surface area contributed by atoms with Crippen molar-refractivity contribution in [3.63, 3.8) is 0 Å². The number of amides is 1. The second-order valence-electron chi connectivity index (χ2n) is 12.8. The van der Waals surface area contributed by atoms with Crippen molar-refractivity contribution in [1.29, 1.82) is 0 Å². The number of benzene rings is 3. The fourth-order valence-corrected chi connectivity index (χ4v) is 7.13. The summed E-state index contributed by atoms with van der Waals surface area (Å²) in [4.78, 5) is 34.7. The second kappa shape index (κ2) is 12.8. The van der Waals surface area contributed by atoms with Crippen molar-refractivity contribution in [2.75, 3.05) is 69.2 Å². The summed E-state index contributed by atoms with van der Waals surface area (Å²) < 4.78 is 17.4. The number of fused-ring (bicyclic) bond motifs is 1. The predicted molar refractivity (Wildman–Crippen MR) is 182 cm³/mol. The maximum absolute atomic E-state index is 14.2. The molecule has 0 aromatic heterocycles. The van der Waals surface area contributed by atoms with Crippen molar-refractivity contribution in [3.05, 3.63) is 82.5 Å². The summed E-state index contributed by atoms with van der Waals surface area (Å²) in [6.07, 6.45) is 1.08. The largest absolute Gasteiger partial charge is 0.493 e. The molecule has 1 atom stereocenters. The first-order chi connectivity index (χ1) is 22.1. The molecule has 1 saturated heterocycles. The third-order valence-electron chi connectivity index (χ3n) is 9.16. The Hall–Kier alpha value is -4.37. The minimum atomic E-state index is -0.621. The first-order valence-electron chi connectivity index (χ1n) is 15.6. The first-order valence-corrected chi connectivity index (χ1v) is 16.0. The number of nitrogens with one attached hydrogen (secondary N) is 1. The minimum Gasteiger partial charge on any atom is -0.493 e. The van der Waals surface area contributed by atoms with E-state index in [-0.39, 0.29) is 23.7 Å². The summed E-state index contributed by atoms with van der Waals surface area (Å²) in [6, 6.07) is 18.8. The van der Waals surface area contributed by atoms with Crippen LogP contribution in [0.3, 0.4) is 0 Å². The molecule has 2 aliphatic heterocycles. The van der Waals surface area contributed by atoms with E-state index >= 15 is 0 Å². The number of carbonyl (C=O) groups excluding carboxylic acids is 2. The summed E-state index contributed by atoms with van der Waals surface area (Å²) in [5, 5.41) is 4.32. The first kappa shape index (κ1) is 31.6. The average molecular weight is 645 g/mol. The number of halogens is 1. The molecule has 6 rings (SSSR count). The van der Waals surface area contributed by atoms with Crippen molar-refractivity contribution in [2.24, 2.45) is 5.41 Å². The van der Waals surface area contributed by atoms with Crippen LogP contribution in [0, 0.1) is 5.41 Å². The van der Waals surface area contributed by atoms with Gasteiger partial charge in [-0.2, -0.15) is 0 Å². The normalized spacial score (nSPS) is 19.1. The molecule has 9 nitrogen and oxygen atoms in total. The van der Waals surface area contributed by atoms with Gasteiger partial charge in [0.1, 0.15) is 0 Å². The van der Waals surface area contributed by atoms with Crippen molar-refractivity contribution in [2.45, 2.75) is 32.7 Å². The van der Waals surface area contributed by atoms with Crippen LogP contribution in [0.2, 0.25) is 5.02 Å². The number of ether oxygens (including phenoxy) is 3. The Balaban J connectivity index is 1.42. The second-order valence-corrected chi connectivity index (χ2v) is 13.2. The predicted octanol–water partition coefficient (Wildman–Crippen LogP) is 6.33. The molecular weight excluding hydrogens is 604 g/mol. The Labute approximate surface area is 275 Å². The van der Waals surface area contributed by atoms with E-state index in [1.807, 2.05) is 65.6 Å². The van der Waals surface area contributed by atoms with Gasteiger partial charge in [-0.3, -0.25) is 9.59 Å². The highest BCUT2D eigenvalue weighted by molar-refractivity contribution is 6.30. The number of hydrogen-bond donors (Lipinski definition) is 1. The standard InChI is InChI=1S/C36H41ClN4O5/c1-36(2)20-27-32(29(42)21-36)33(25-14-15-30(44-3)35(46-5)34(25)45-4)41(28-9-7-6-8-26(28)38-27)22-31(43)40-18-16-39(17-19-40)24-12-10-23(37)11-13-24/h6-15,33,38H,16-22H2,1-5H3. The minimum absolute atomic E-state index is 0.0114. The Morgan fingerprint density at radius 3 is 2.26 bits per heavy atom. The summed E-state index contributed by atoms with van der Waals surface area (Å²) >= 11 is 6.10. The monoisotopic (exact) mass is 644 g/mol. The molecular formula is C36H41ClN4O5. The van der Waals surface area contributed by atoms with E-state index in [9.17, 15) is 9.59 Å². The Morgan fingerprint density at radius 1 is 0.891 bits per heavy atom. The molecule has 46 heavy (non-hydrogen) atoms. The van der Waals surface area contributed by atoms with E-state index < -0.39 is 6.04 Å². The fourth-order valence-electron chi connectivity index (χ4n) is 7.00. The highest BCUT2D eigenvalue weighted by atomic mass is 35.5. The lowest BCUT2D eigenvalue weighted by atomic mass is 9.73. The third kappa shape index (κ3) is 5.96. The molecule has 242 valence electrons. The van der Waals surface area contributed by atoms with E-state index in [2.05, 4.69) is 29.0 Å². The van der Waals surface area contributed by atoms with Crippen LogP contribution in [0.5, 0.6) is 17.2 Å². The summed E-state index contributed by atoms with van der Waals surface area (Å²) in [5.41, 5.74) is 4.77. The molecule has 0 bridgehead atoms. The number of piperazine rings is 1. The van der Waals surface area contributed by atoms with Crippen LogP contribution >= 0.6 is 11.6 Å². The maximum Gasteiger partial charge on any atom is 0.242 e. The van der Waals surface area contributed by atoms with Crippen molar-refractivity contribution in [3.8, 4) is 17.2 Å². The van der Waals surface area contributed by atoms with Crippen LogP contribution in [-0.4, -0.2) is 70.6 Å². The molecule has 3 aromatic rings. The van der Waals surface area contributed by atoms with Gasteiger partial charge in [-0.05, 0) is 60.4 Å². The third-order valence-corrected chi connectivity index (χ3v) is 9.42. The zero-order valence-electron chi connectivity index (χ0n) is 27.1. The van der Waals surface area contributed by atoms with Gasteiger partial charge in [0.05, 0.1) is 45.3 Å². The number of carbonyl (C=O) groups is 2. The molecule has 0 spiro atoms. The molecule has 10 heteroatoms. The molecule has 0 radical (unpaired) electrons. The van der Waals surface area contributed by atoms with Crippen molar-refractivity contribution >= 4 is 40.4 Å². The van der Waals surface area contributed by atoms with Crippen LogP contribution in [-0.2, 0) is 9.59 Å². The zero-order chi connectivity index (χ0) is 32.6. The average Bonchev–Trinajstić information content (AvgIpc) is 3.18. The highest BCUT2D eigenvalue weighted by Gasteiger charge is 2.43. The van der Waals surface area contributed by atoms with Gasteiger partial charge in [0.25, 0.3) is 0 Å². The topological polar surface area (TPSA) is 83.6 Å².